The average molecular weight is 951 g/mol. The number of imidazole rings is 2. The molecule has 2 aliphatic rings. The van der Waals surface area contributed by atoms with E-state index in [9.17, 15) is 19.2 Å². The third kappa shape index (κ3) is 10.5. The molecular formula is C55H58N12O4. The fraction of sp³-hybridized carbons (Fsp3) is 0.236. The van der Waals surface area contributed by atoms with Crippen LogP contribution in [0.4, 0.5) is 22.7 Å². The molecule has 6 heterocycles. The largest absolute Gasteiger partial charge is 0.352 e. The third-order valence-electron chi connectivity index (χ3n) is 12.9. The highest BCUT2D eigenvalue weighted by Gasteiger charge is 2.22. The van der Waals surface area contributed by atoms with E-state index in [1.165, 1.54) is 0 Å². The zero-order valence-electron chi connectivity index (χ0n) is 40.6. The van der Waals surface area contributed by atoms with E-state index < -0.39 is 0 Å². The molecule has 0 spiro atoms. The van der Waals surface area contributed by atoms with Gasteiger partial charge in [-0.15, -0.1) is 0 Å². The van der Waals surface area contributed by atoms with E-state index >= 15 is 0 Å². The molecule has 0 bridgehead atoms. The van der Waals surface area contributed by atoms with Gasteiger partial charge in [0.15, 0.2) is 11.3 Å². The molecule has 2 aliphatic heterocycles. The first-order chi connectivity index (χ1) is 34.5. The Labute approximate surface area is 412 Å². The number of carbonyl (C=O) groups is 4. The molecule has 10 rings (SSSR count). The lowest BCUT2D eigenvalue weighted by atomic mass is 10.0. The van der Waals surface area contributed by atoms with Gasteiger partial charge >= 0.3 is 0 Å². The number of hydrogen-bond donors (Lipinski definition) is 5. The number of carbonyl (C=O) groups excluding carboxylic acids is 4. The van der Waals surface area contributed by atoms with Crippen LogP contribution in [-0.4, -0.2) is 118 Å². The van der Waals surface area contributed by atoms with Crippen molar-refractivity contribution in [2.45, 2.75) is 26.9 Å². The second-order valence-electron chi connectivity index (χ2n) is 17.9. The first-order valence-corrected chi connectivity index (χ1v) is 23.9. The van der Waals surface area contributed by atoms with E-state index in [-0.39, 0.29) is 23.6 Å². The predicted octanol–water partition coefficient (Wildman–Crippen LogP) is 7.68. The highest BCUT2D eigenvalue weighted by Crippen LogP contribution is 2.32. The molecule has 16 heteroatoms. The molecule has 0 saturated carbocycles. The smallest absolute Gasteiger partial charge is 0.253 e. The lowest BCUT2D eigenvalue weighted by Gasteiger charge is -2.24. The molecule has 0 saturated heterocycles. The number of likely N-dealkylation sites (N-methyl/N-ethyl adjacent to an activating group) is 3. The maximum atomic E-state index is 13.0. The monoisotopic (exact) mass is 950 g/mol. The SMILES string of the molecule is CCN(C)CCN(CC)C(=O)c1ccc(Nc2ccc(-c3ccc4c(c3)CNC4=O)n3ccnc23)cc1.CN(C)CCNC(=O)c1ccc(Nc2ccc(-c3ccc4c(c3)CNC4=O)n3ccnc23)cc1. The molecule has 4 aromatic carbocycles. The number of anilines is 4. The van der Waals surface area contributed by atoms with Crippen molar-refractivity contribution >= 4 is 57.7 Å². The summed E-state index contributed by atoms with van der Waals surface area (Å²) in [5, 5.41) is 15.5. The van der Waals surface area contributed by atoms with Gasteiger partial charge in [0.05, 0.1) is 22.8 Å². The van der Waals surface area contributed by atoms with Crippen LogP contribution >= 0.6 is 0 Å². The topological polar surface area (TPSA) is 173 Å². The summed E-state index contributed by atoms with van der Waals surface area (Å²) in [5.41, 5.74) is 13.9. The average Bonchev–Trinajstić information content (AvgIpc) is 4.23. The van der Waals surface area contributed by atoms with Crippen LogP contribution in [0.3, 0.4) is 0 Å². The van der Waals surface area contributed by atoms with Crippen molar-refractivity contribution in [1.82, 2.24) is 49.4 Å². The summed E-state index contributed by atoms with van der Waals surface area (Å²) in [5.74, 6) is -0.0801. The van der Waals surface area contributed by atoms with Crippen LogP contribution < -0.4 is 26.6 Å². The van der Waals surface area contributed by atoms with Crippen molar-refractivity contribution in [3.05, 3.63) is 167 Å². The summed E-state index contributed by atoms with van der Waals surface area (Å²) >= 11 is 0. The van der Waals surface area contributed by atoms with Crippen molar-refractivity contribution in [3.63, 3.8) is 0 Å². The molecule has 0 fully saturated rings. The number of benzene rings is 4. The number of pyridine rings is 2. The Morgan fingerprint density at radius 2 is 1.11 bits per heavy atom. The summed E-state index contributed by atoms with van der Waals surface area (Å²) < 4.78 is 4.07. The molecule has 5 N–H and O–H groups in total. The summed E-state index contributed by atoms with van der Waals surface area (Å²) in [7, 11) is 6.01. The number of rotatable bonds is 16. The molecule has 4 amide bonds. The van der Waals surface area contributed by atoms with Crippen molar-refractivity contribution in [2.24, 2.45) is 0 Å². The predicted molar refractivity (Wildman–Crippen MR) is 279 cm³/mol. The van der Waals surface area contributed by atoms with E-state index in [2.05, 4.69) is 67.6 Å². The molecule has 71 heavy (non-hydrogen) atoms. The van der Waals surface area contributed by atoms with Crippen LogP contribution in [0, 0.1) is 0 Å². The van der Waals surface area contributed by atoms with Gasteiger partial charge in [-0.25, -0.2) is 9.97 Å². The quantitative estimate of drug-likeness (QED) is 0.0647. The van der Waals surface area contributed by atoms with Gasteiger partial charge in [0.25, 0.3) is 23.6 Å². The number of nitrogens with one attached hydrogen (secondary N) is 5. The van der Waals surface area contributed by atoms with Gasteiger partial charge in [0, 0.05) is 104 Å². The fourth-order valence-corrected chi connectivity index (χ4v) is 8.72. The third-order valence-corrected chi connectivity index (χ3v) is 12.9. The van der Waals surface area contributed by atoms with Crippen LogP contribution in [0.25, 0.3) is 33.8 Å². The summed E-state index contributed by atoms with van der Waals surface area (Å²) in [6.07, 6.45) is 7.40. The second kappa shape index (κ2) is 21.1. The van der Waals surface area contributed by atoms with Crippen LogP contribution in [-0.2, 0) is 13.1 Å². The number of amides is 4. The standard InChI is InChI=1S/C29H32N6O2.C26H26N6O2/c1-4-33(3)16-17-34(5-2)29(37)20-6-9-23(10-7-20)32-25-12-13-26(35-15-14-30-27(25)35)21-8-11-24-22(18-21)19-31-28(24)36;1-31(2)13-11-28-25(33)17-3-6-20(7-4-17)30-22-9-10-23(32-14-12-27-24(22)32)18-5-8-21-19(15-18)16-29-26(21)34/h6-15,18,32H,4-5,16-17,19H2,1-3H3,(H,31,36);3-10,12,14-15,30H,11,13,16H2,1-2H3,(H,28,33)(H,29,34). The molecule has 4 aromatic heterocycles. The van der Waals surface area contributed by atoms with Crippen molar-refractivity contribution in [3.8, 4) is 22.5 Å². The van der Waals surface area contributed by atoms with Gasteiger partial charge in [0.2, 0.25) is 0 Å². The Balaban J connectivity index is 0.000000176. The lowest BCUT2D eigenvalue weighted by Crippen LogP contribution is -2.37. The van der Waals surface area contributed by atoms with E-state index in [1.54, 1.807) is 12.4 Å². The zero-order chi connectivity index (χ0) is 49.6. The molecule has 0 radical (unpaired) electrons. The van der Waals surface area contributed by atoms with Crippen molar-refractivity contribution < 1.29 is 19.2 Å². The number of fused-ring (bicyclic) bond motifs is 4. The minimum atomic E-state index is -0.0837. The molecule has 0 unspecified atom stereocenters. The van der Waals surface area contributed by atoms with Gasteiger partial charge in [0.1, 0.15) is 0 Å². The van der Waals surface area contributed by atoms with Crippen LogP contribution in [0.2, 0.25) is 0 Å². The van der Waals surface area contributed by atoms with Crippen molar-refractivity contribution in [2.75, 3.05) is 71.0 Å². The zero-order valence-corrected chi connectivity index (χ0v) is 40.6. The maximum Gasteiger partial charge on any atom is 0.253 e. The Bertz CT molecular complexity index is 3250. The molecule has 8 aromatic rings. The highest BCUT2D eigenvalue weighted by molar-refractivity contribution is 6.00. The first-order valence-electron chi connectivity index (χ1n) is 23.9. The van der Waals surface area contributed by atoms with E-state index in [0.717, 1.165) is 98.4 Å². The minimum absolute atomic E-state index is 0.0203. The van der Waals surface area contributed by atoms with Crippen LogP contribution in [0.1, 0.15) is 66.4 Å². The lowest BCUT2D eigenvalue weighted by molar-refractivity contribution is 0.0750. The Morgan fingerprint density at radius 3 is 1.59 bits per heavy atom. The maximum absolute atomic E-state index is 13.0. The second-order valence-corrected chi connectivity index (χ2v) is 17.9. The van der Waals surface area contributed by atoms with E-state index in [4.69, 9.17) is 0 Å². The van der Waals surface area contributed by atoms with Gasteiger partial charge in [-0.05, 0) is 154 Å². The minimum Gasteiger partial charge on any atom is -0.352 e. The first kappa shape index (κ1) is 47.7. The Hall–Kier alpha value is -8.34. The summed E-state index contributed by atoms with van der Waals surface area (Å²) in [6, 6.07) is 34.9. The Kier molecular flexibility index (Phi) is 14.2. The number of hydrogen-bond acceptors (Lipinski definition) is 10. The summed E-state index contributed by atoms with van der Waals surface area (Å²) in [6.45, 7) is 9.83. The molecular weight excluding hydrogens is 893 g/mol. The molecule has 362 valence electrons. The van der Waals surface area contributed by atoms with Gasteiger partial charge < -0.3 is 41.3 Å². The normalized spacial score (nSPS) is 12.6. The van der Waals surface area contributed by atoms with E-state index in [1.807, 2.05) is 149 Å². The fourth-order valence-electron chi connectivity index (χ4n) is 8.72. The van der Waals surface area contributed by atoms with E-state index in [0.29, 0.717) is 43.9 Å². The summed E-state index contributed by atoms with van der Waals surface area (Å²) in [4.78, 5) is 64.3. The molecule has 16 nitrogen and oxygen atoms in total. The molecule has 0 atom stereocenters. The Morgan fingerprint density at radius 1 is 0.606 bits per heavy atom. The van der Waals surface area contributed by atoms with Crippen LogP contribution in [0.5, 0.6) is 0 Å². The number of nitrogens with zero attached hydrogens (tertiary/aromatic N) is 7. The van der Waals surface area contributed by atoms with Gasteiger partial charge in [-0.1, -0.05) is 19.1 Å². The van der Waals surface area contributed by atoms with Crippen molar-refractivity contribution in [1.29, 1.82) is 0 Å². The highest BCUT2D eigenvalue weighted by atomic mass is 16.2. The molecule has 0 aliphatic carbocycles. The number of aromatic nitrogens is 4. The van der Waals surface area contributed by atoms with Gasteiger partial charge in [-0.3, -0.25) is 28.0 Å². The van der Waals surface area contributed by atoms with Crippen LogP contribution in [0.15, 0.2) is 134 Å². The van der Waals surface area contributed by atoms with Gasteiger partial charge in [-0.2, -0.15) is 0 Å².